The van der Waals surface area contributed by atoms with E-state index < -0.39 is 0 Å². The van der Waals surface area contributed by atoms with Crippen molar-refractivity contribution < 1.29 is 9.47 Å². The highest BCUT2D eigenvalue weighted by Gasteiger charge is 2.40. The third-order valence-corrected chi connectivity index (χ3v) is 5.11. The molecule has 1 N–H and O–H groups in total. The predicted molar refractivity (Wildman–Crippen MR) is 86.1 cm³/mol. The van der Waals surface area contributed by atoms with Gasteiger partial charge in [-0.05, 0) is 53.2 Å². The molecule has 2 aliphatic rings. The van der Waals surface area contributed by atoms with Crippen molar-refractivity contribution >= 4 is 31.9 Å². The Labute approximate surface area is 136 Å². The van der Waals surface area contributed by atoms with Gasteiger partial charge in [0, 0.05) is 29.2 Å². The lowest BCUT2D eigenvalue weighted by molar-refractivity contribution is 0.0808. The molecule has 2 unspecified atom stereocenters. The number of rotatable bonds is 5. The van der Waals surface area contributed by atoms with Crippen LogP contribution in [0.2, 0.25) is 0 Å². The molecule has 1 aliphatic heterocycles. The first kappa shape index (κ1) is 14.8. The molecule has 1 saturated heterocycles. The van der Waals surface area contributed by atoms with Gasteiger partial charge in [-0.15, -0.1) is 0 Å². The number of hydrogen-bond acceptors (Lipinski definition) is 3. The van der Waals surface area contributed by atoms with Gasteiger partial charge in [-0.2, -0.15) is 0 Å². The zero-order valence-electron chi connectivity index (χ0n) is 11.5. The van der Waals surface area contributed by atoms with Crippen LogP contribution in [-0.2, 0) is 11.3 Å². The average Bonchev–Trinajstić information content (AvgIpc) is 3.15. The van der Waals surface area contributed by atoms with Crippen LogP contribution in [0.1, 0.15) is 24.8 Å². The fraction of sp³-hybridized carbons (Fsp3) is 0.600. The van der Waals surface area contributed by atoms with Crippen LogP contribution in [0.3, 0.4) is 0 Å². The van der Waals surface area contributed by atoms with Crippen molar-refractivity contribution in [2.75, 3.05) is 13.7 Å². The molecule has 1 aromatic rings. The standard InChI is InChI=1S/C15H19Br2NO2/c1-19-14-10(6-11(16)7-12(14)17)8-18-13-4-5-20-15(13)9-2-3-9/h6-7,9,13,15,18H,2-5,8H2,1H3. The van der Waals surface area contributed by atoms with Crippen molar-refractivity contribution in [3.8, 4) is 5.75 Å². The van der Waals surface area contributed by atoms with Crippen molar-refractivity contribution in [3.63, 3.8) is 0 Å². The number of ether oxygens (including phenoxy) is 2. The smallest absolute Gasteiger partial charge is 0.137 e. The molecule has 2 atom stereocenters. The minimum absolute atomic E-state index is 0.414. The molecule has 1 aromatic carbocycles. The van der Waals surface area contributed by atoms with E-state index in [2.05, 4.69) is 43.2 Å². The van der Waals surface area contributed by atoms with Gasteiger partial charge >= 0.3 is 0 Å². The summed E-state index contributed by atoms with van der Waals surface area (Å²) in [7, 11) is 1.71. The van der Waals surface area contributed by atoms with E-state index in [0.29, 0.717) is 12.1 Å². The Hall–Kier alpha value is -0.100. The van der Waals surface area contributed by atoms with Gasteiger partial charge in [-0.3, -0.25) is 0 Å². The molecule has 0 bridgehead atoms. The van der Waals surface area contributed by atoms with Crippen LogP contribution in [0.4, 0.5) is 0 Å². The zero-order chi connectivity index (χ0) is 14.1. The van der Waals surface area contributed by atoms with Gasteiger partial charge in [-0.25, -0.2) is 0 Å². The summed E-state index contributed by atoms with van der Waals surface area (Å²) in [6.07, 6.45) is 4.18. The van der Waals surface area contributed by atoms with Crippen LogP contribution in [0.15, 0.2) is 21.1 Å². The third kappa shape index (κ3) is 3.21. The van der Waals surface area contributed by atoms with Gasteiger partial charge in [0.05, 0.1) is 17.7 Å². The molecule has 3 nitrogen and oxygen atoms in total. The van der Waals surface area contributed by atoms with Gasteiger partial charge in [0.2, 0.25) is 0 Å². The Bertz CT molecular complexity index is 491. The first-order chi connectivity index (χ1) is 9.69. The summed E-state index contributed by atoms with van der Waals surface area (Å²) in [6.45, 7) is 1.69. The van der Waals surface area contributed by atoms with Crippen molar-refractivity contribution in [2.45, 2.75) is 38.0 Å². The summed E-state index contributed by atoms with van der Waals surface area (Å²) < 4.78 is 13.4. The summed E-state index contributed by atoms with van der Waals surface area (Å²) in [5.41, 5.74) is 1.16. The normalized spacial score (nSPS) is 25.9. The van der Waals surface area contributed by atoms with Crippen LogP contribution in [-0.4, -0.2) is 25.9 Å². The molecule has 0 aromatic heterocycles. The Morgan fingerprint density at radius 3 is 2.80 bits per heavy atom. The highest BCUT2D eigenvalue weighted by molar-refractivity contribution is 9.11. The highest BCUT2D eigenvalue weighted by Crippen LogP contribution is 2.39. The van der Waals surface area contributed by atoms with Gasteiger partial charge in [0.1, 0.15) is 5.75 Å². The van der Waals surface area contributed by atoms with E-state index in [1.165, 1.54) is 12.8 Å². The largest absolute Gasteiger partial charge is 0.495 e. The van der Waals surface area contributed by atoms with E-state index in [0.717, 1.165) is 45.7 Å². The number of benzene rings is 1. The fourth-order valence-corrected chi connectivity index (χ4v) is 4.41. The van der Waals surface area contributed by atoms with Crippen LogP contribution in [0.5, 0.6) is 5.75 Å². The summed E-state index contributed by atoms with van der Waals surface area (Å²) in [5, 5.41) is 3.65. The summed E-state index contributed by atoms with van der Waals surface area (Å²) in [6, 6.07) is 4.59. The van der Waals surface area contributed by atoms with Crippen molar-refractivity contribution in [1.82, 2.24) is 5.32 Å². The molecule has 5 heteroatoms. The minimum Gasteiger partial charge on any atom is -0.495 e. The molecular formula is C15H19Br2NO2. The fourth-order valence-electron chi connectivity index (χ4n) is 2.93. The molecule has 1 aliphatic carbocycles. The van der Waals surface area contributed by atoms with E-state index in [-0.39, 0.29) is 0 Å². The van der Waals surface area contributed by atoms with Gasteiger partial charge in [-0.1, -0.05) is 15.9 Å². The Morgan fingerprint density at radius 1 is 1.30 bits per heavy atom. The highest BCUT2D eigenvalue weighted by atomic mass is 79.9. The average molecular weight is 405 g/mol. The Kier molecular flexibility index (Phi) is 4.70. The lowest BCUT2D eigenvalue weighted by Crippen LogP contribution is -2.37. The number of hydrogen-bond donors (Lipinski definition) is 1. The summed E-state index contributed by atoms with van der Waals surface area (Å²) in [4.78, 5) is 0. The molecule has 0 spiro atoms. The maximum absolute atomic E-state index is 5.87. The number of nitrogens with one attached hydrogen (secondary N) is 1. The molecule has 110 valence electrons. The van der Waals surface area contributed by atoms with Gasteiger partial charge in [0.15, 0.2) is 0 Å². The maximum atomic E-state index is 5.87. The second-order valence-corrected chi connectivity index (χ2v) is 7.30. The lowest BCUT2D eigenvalue weighted by atomic mass is 10.1. The third-order valence-electron chi connectivity index (χ3n) is 4.07. The van der Waals surface area contributed by atoms with Crippen LogP contribution < -0.4 is 10.1 Å². The Morgan fingerprint density at radius 2 is 2.10 bits per heavy atom. The SMILES string of the molecule is COc1c(Br)cc(Br)cc1CNC1CCOC1C1CC1. The molecule has 2 fully saturated rings. The second kappa shape index (κ2) is 6.34. The molecule has 0 amide bonds. The second-order valence-electron chi connectivity index (χ2n) is 5.53. The molecular weight excluding hydrogens is 386 g/mol. The minimum atomic E-state index is 0.414. The van der Waals surface area contributed by atoms with E-state index in [1.807, 2.05) is 6.07 Å². The summed E-state index contributed by atoms with van der Waals surface area (Å²) >= 11 is 7.09. The summed E-state index contributed by atoms with van der Waals surface area (Å²) in [5.74, 6) is 1.69. The van der Waals surface area contributed by atoms with Gasteiger partial charge in [0.25, 0.3) is 0 Å². The van der Waals surface area contributed by atoms with Crippen molar-refractivity contribution in [3.05, 3.63) is 26.6 Å². The van der Waals surface area contributed by atoms with E-state index >= 15 is 0 Å². The predicted octanol–water partition coefficient (Wildman–Crippen LogP) is 3.88. The van der Waals surface area contributed by atoms with Crippen LogP contribution in [0, 0.1) is 5.92 Å². The zero-order valence-corrected chi connectivity index (χ0v) is 14.7. The van der Waals surface area contributed by atoms with Crippen molar-refractivity contribution in [2.24, 2.45) is 5.92 Å². The lowest BCUT2D eigenvalue weighted by Gasteiger charge is -2.20. The monoisotopic (exact) mass is 403 g/mol. The Balaban J connectivity index is 1.68. The van der Waals surface area contributed by atoms with Gasteiger partial charge < -0.3 is 14.8 Å². The molecule has 1 saturated carbocycles. The maximum Gasteiger partial charge on any atom is 0.137 e. The number of methoxy groups -OCH3 is 1. The van der Waals surface area contributed by atoms with Crippen LogP contribution in [0.25, 0.3) is 0 Å². The quantitative estimate of drug-likeness (QED) is 0.807. The molecule has 0 radical (unpaired) electrons. The molecule has 3 rings (SSSR count). The number of halogens is 2. The van der Waals surface area contributed by atoms with Crippen LogP contribution >= 0.6 is 31.9 Å². The molecule has 1 heterocycles. The van der Waals surface area contributed by atoms with E-state index in [4.69, 9.17) is 9.47 Å². The topological polar surface area (TPSA) is 30.5 Å². The first-order valence-electron chi connectivity index (χ1n) is 7.06. The van der Waals surface area contributed by atoms with E-state index in [9.17, 15) is 0 Å². The first-order valence-corrected chi connectivity index (χ1v) is 8.64. The van der Waals surface area contributed by atoms with E-state index in [1.54, 1.807) is 7.11 Å². The molecule has 20 heavy (non-hydrogen) atoms. The van der Waals surface area contributed by atoms with Crippen molar-refractivity contribution in [1.29, 1.82) is 0 Å².